The van der Waals surface area contributed by atoms with Gasteiger partial charge in [-0.2, -0.15) is 0 Å². The lowest BCUT2D eigenvalue weighted by atomic mass is 10.2. The highest BCUT2D eigenvalue weighted by molar-refractivity contribution is 5.87. The van der Waals surface area contributed by atoms with Crippen LogP contribution in [0.25, 0.3) is 6.08 Å². The van der Waals surface area contributed by atoms with E-state index in [1.165, 1.54) is 6.08 Å². The molecule has 0 aliphatic heterocycles. The normalized spacial score (nSPS) is 10.4. The molecule has 2 N–H and O–H groups in total. The molecule has 1 rings (SSSR count). The van der Waals surface area contributed by atoms with E-state index < -0.39 is 0 Å². The predicted octanol–water partition coefficient (Wildman–Crippen LogP) is 2.20. The van der Waals surface area contributed by atoms with Crippen LogP contribution in [0.3, 0.4) is 0 Å². The zero-order valence-corrected chi connectivity index (χ0v) is 12.5. The molecule has 0 spiro atoms. The Labute approximate surface area is 125 Å². The van der Waals surface area contributed by atoms with E-state index >= 15 is 0 Å². The van der Waals surface area contributed by atoms with Crippen LogP contribution in [0, 0.1) is 0 Å². The largest absolute Gasteiger partial charge is 0.463 e. The maximum Gasteiger partial charge on any atom is 0.330 e. The summed E-state index contributed by atoms with van der Waals surface area (Å²) in [5.41, 5.74) is 1.75. The Morgan fingerprint density at radius 3 is 2.52 bits per heavy atom. The van der Waals surface area contributed by atoms with Gasteiger partial charge in [-0.05, 0) is 37.1 Å². The maximum absolute atomic E-state index is 11.4. The molecule has 0 heterocycles. The summed E-state index contributed by atoms with van der Waals surface area (Å²) in [7, 11) is 0. The average molecular weight is 290 g/mol. The lowest BCUT2D eigenvalue weighted by molar-refractivity contribution is -0.137. The van der Waals surface area contributed by atoms with Crippen molar-refractivity contribution >= 4 is 23.6 Å². The summed E-state index contributed by atoms with van der Waals surface area (Å²) in [6, 6.07) is 7.44. The molecular formula is C16H22N2O3. The third-order valence-electron chi connectivity index (χ3n) is 2.63. The molecule has 21 heavy (non-hydrogen) atoms. The smallest absolute Gasteiger partial charge is 0.330 e. The molecule has 1 aromatic carbocycles. The SMILES string of the molecule is CCCNC(=O)CNc1ccc(/C=C/C(=O)OCC)cc1. The van der Waals surface area contributed by atoms with Crippen LogP contribution in [0.4, 0.5) is 5.69 Å². The first-order chi connectivity index (χ1) is 10.2. The van der Waals surface area contributed by atoms with Gasteiger partial charge in [-0.3, -0.25) is 4.79 Å². The lowest BCUT2D eigenvalue weighted by Gasteiger charge is -2.07. The number of ether oxygens (including phenoxy) is 1. The van der Waals surface area contributed by atoms with Gasteiger partial charge in [0.15, 0.2) is 0 Å². The number of amides is 1. The zero-order valence-electron chi connectivity index (χ0n) is 12.5. The van der Waals surface area contributed by atoms with Crippen molar-refractivity contribution in [2.45, 2.75) is 20.3 Å². The Kier molecular flexibility index (Phi) is 7.64. The van der Waals surface area contributed by atoms with E-state index in [2.05, 4.69) is 10.6 Å². The van der Waals surface area contributed by atoms with Crippen molar-refractivity contribution in [2.75, 3.05) is 25.0 Å². The molecule has 0 aromatic heterocycles. The fraction of sp³-hybridized carbons (Fsp3) is 0.375. The summed E-state index contributed by atoms with van der Waals surface area (Å²) >= 11 is 0. The molecule has 1 aromatic rings. The monoisotopic (exact) mass is 290 g/mol. The minimum absolute atomic E-state index is 0.0249. The van der Waals surface area contributed by atoms with Gasteiger partial charge >= 0.3 is 5.97 Å². The van der Waals surface area contributed by atoms with Crippen LogP contribution < -0.4 is 10.6 Å². The molecule has 1 amide bonds. The quantitative estimate of drug-likeness (QED) is 0.569. The molecule has 0 unspecified atom stereocenters. The van der Waals surface area contributed by atoms with E-state index in [0.717, 1.165) is 17.7 Å². The summed E-state index contributed by atoms with van der Waals surface area (Å²) < 4.78 is 4.80. The topological polar surface area (TPSA) is 67.4 Å². The van der Waals surface area contributed by atoms with Gasteiger partial charge in [0.2, 0.25) is 5.91 Å². The highest BCUT2D eigenvalue weighted by Gasteiger charge is 1.99. The summed E-state index contributed by atoms with van der Waals surface area (Å²) in [6.07, 6.45) is 4.01. The van der Waals surface area contributed by atoms with Crippen LogP contribution >= 0.6 is 0 Å². The number of nitrogens with one attached hydrogen (secondary N) is 2. The maximum atomic E-state index is 11.4. The second kappa shape index (κ2) is 9.58. The Hall–Kier alpha value is -2.30. The molecule has 5 heteroatoms. The van der Waals surface area contributed by atoms with Crippen LogP contribution in [0.1, 0.15) is 25.8 Å². The van der Waals surface area contributed by atoms with Crippen LogP contribution in [0.2, 0.25) is 0 Å². The van der Waals surface area contributed by atoms with Gasteiger partial charge in [-0.25, -0.2) is 4.79 Å². The van der Waals surface area contributed by atoms with E-state index in [1.54, 1.807) is 13.0 Å². The molecule has 0 fully saturated rings. The van der Waals surface area contributed by atoms with E-state index in [9.17, 15) is 9.59 Å². The van der Waals surface area contributed by atoms with E-state index in [1.807, 2.05) is 31.2 Å². The number of esters is 1. The first kappa shape index (κ1) is 16.8. The van der Waals surface area contributed by atoms with Gasteiger partial charge in [-0.1, -0.05) is 19.1 Å². The summed E-state index contributed by atoms with van der Waals surface area (Å²) in [4.78, 5) is 22.6. The molecule has 0 aliphatic carbocycles. The molecule has 0 aliphatic rings. The summed E-state index contributed by atoms with van der Waals surface area (Å²) in [5, 5.41) is 5.83. The van der Waals surface area contributed by atoms with Gasteiger partial charge < -0.3 is 15.4 Å². The second-order valence-corrected chi connectivity index (χ2v) is 4.41. The number of carbonyl (C=O) groups is 2. The zero-order chi connectivity index (χ0) is 15.5. The molecule has 0 saturated heterocycles. The third-order valence-corrected chi connectivity index (χ3v) is 2.63. The molecule has 0 bridgehead atoms. The van der Waals surface area contributed by atoms with Crippen molar-refractivity contribution in [1.29, 1.82) is 0 Å². The standard InChI is InChI=1S/C16H22N2O3/c1-3-11-17-15(19)12-18-14-8-5-13(6-9-14)7-10-16(20)21-4-2/h5-10,18H,3-4,11-12H2,1-2H3,(H,17,19)/b10-7+. The van der Waals surface area contributed by atoms with E-state index in [0.29, 0.717) is 13.2 Å². The first-order valence-corrected chi connectivity index (χ1v) is 7.11. The minimum atomic E-state index is -0.354. The lowest BCUT2D eigenvalue weighted by Crippen LogP contribution is -2.30. The number of benzene rings is 1. The van der Waals surface area contributed by atoms with Gasteiger partial charge in [0, 0.05) is 18.3 Å². The van der Waals surface area contributed by atoms with Crippen LogP contribution in [0.15, 0.2) is 30.3 Å². The van der Waals surface area contributed by atoms with Gasteiger partial charge in [-0.15, -0.1) is 0 Å². The Morgan fingerprint density at radius 1 is 1.19 bits per heavy atom. The summed E-state index contributed by atoms with van der Waals surface area (Å²) in [6.45, 7) is 5.08. The van der Waals surface area contributed by atoms with Gasteiger partial charge in [0.25, 0.3) is 0 Å². The van der Waals surface area contributed by atoms with E-state index in [4.69, 9.17) is 4.74 Å². The third kappa shape index (κ3) is 7.15. The fourth-order valence-corrected chi connectivity index (χ4v) is 1.58. The Bertz CT molecular complexity index is 481. The predicted molar refractivity (Wildman–Crippen MR) is 83.9 cm³/mol. The number of carbonyl (C=O) groups excluding carboxylic acids is 2. The highest BCUT2D eigenvalue weighted by Crippen LogP contribution is 2.10. The molecule has 0 radical (unpaired) electrons. The van der Waals surface area contributed by atoms with Crippen LogP contribution in [-0.4, -0.2) is 31.6 Å². The van der Waals surface area contributed by atoms with Crippen molar-refractivity contribution in [3.8, 4) is 0 Å². The van der Waals surface area contributed by atoms with Crippen molar-refractivity contribution in [3.63, 3.8) is 0 Å². The highest BCUT2D eigenvalue weighted by atomic mass is 16.5. The van der Waals surface area contributed by atoms with Crippen LogP contribution in [-0.2, 0) is 14.3 Å². The minimum Gasteiger partial charge on any atom is -0.463 e. The van der Waals surface area contributed by atoms with Crippen LogP contribution in [0.5, 0.6) is 0 Å². The average Bonchev–Trinajstić information content (AvgIpc) is 2.50. The van der Waals surface area contributed by atoms with Crippen molar-refractivity contribution in [1.82, 2.24) is 5.32 Å². The Morgan fingerprint density at radius 2 is 1.90 bits per heavy atom. The number of anilines is 1. The van der Waals surface area contributed by atoms with E-state index in [-0.39, 0.29) is 18.4 Å². The molecule has 5 nitrogen and oxygen atoms in total. The molecule has 0 saturated carbocycles. The van der Waals surface area contributed by atoms with Crippen molar-refractivity contribution < 1.29 is 14.3 Å². The molecule has 0 atom stereocenters. The Balaban J connectivity index is 2.43. The number of hydrogen-bond donors (Lipinski definition) is 2. The second-order valence-electron chi connectivity index (χ2n) is 4.41. The fourth-order valence-electron chi connectivity index (χ4n) is 1.58. The van der Waals surface area contributed by atoms with Gasteiger partial charge in [0.05, 0.1) is 13.2 Å². The number of hydrogen-bond acceptors (Lipinski definition) is 4. The first-order valence-electron chi connectivity index (χ1n) is 7.11. The van der Waals surface area contributed by atoms with Gasteiger partial charge in [0.1, 0.15) is 0 Å². The van der Waals surface area contributed by atoms with Crippen molar-refractivity contribution in [3.05, 3.63) is 35.9 Å². The number of rotatable bonds is 8. The van der Waals surface area contributed by atoms with Crippen molar-refractivity contribution in [2.24, 2.45) is 0 Å². The molecular weight excluding hydrogens is 268 g/mol. The summed E-state index contributed by atoms with van der Waals surface area (Å²) in [5.74, 6) is -0.379. The molecule has 114 valence electrons.